The maximum Gasteiger partial charge on any atom is 0.304 e. The molecule has 33 heavy (non-hydrogen) atoms. The fraction of sp³-hybridized carbons (Fsp3) is 0.333. The molecule has 0 spiro atoms. The van der Waals surface area contributed by atoms with Crippen LogP contribution in [0.25, 0.3) is 0 Å². The maximum absolute atomic E-state index is 13.4. The summed E-state index contributed by atoms with van der Waals surface area (Å²) < 4.78 is 41.1. The van der Waals surface area contributed by atoms with Crippen molar-refractivity contribution in [3.8, 4) is 0 Å². The van der Waals surface area contributed by atoms with Gasteiger partial charge in [0.25, 0.3) is 0 Å². The number of nitrogens with zero attached hydrogens (tertiary/aromatic N) is 3. The topological polar surface area (TPSA) is 90.0 Å². The van der Waals surface area contributed by atoms with Gasteiger partial charge >= 0.3 is 10.2 Å². The molecule has 0 saturated heterocycles. The molecule has 0 aliphatic rings. The molecule has 0 fully saturated rings. The lowest BCUT2D eigenvalue weighted by molar-refractivity contribution is -0.139. The zero-order chi connectivity index (χ0) is 24.9. The van der Waals surface area contributed by atoms with E-state index in [1.54, 1.807) is 18.2 Å². The van der Waals surface area contributed by atoms with Crippen molar-refractivity contribution in [3.63, 3.8) is 0 Å². The highest BCUT2D eigenvalue weighted by Gasteiger charge is 2.33. The summed E-state index contributed by atoms with van der Waals surface area (Å²) in [6.45, 7) is 0.727. The predicted molar refractivity (Wildman–Crippen MR) is 127 cm³/mol. The highest BCUT2D eigenvalue weighted by Crippen LogP contribution is 2.27. The molecule has 2 aromatic rings. The smallest absolute Gasteiger partial charge is 0.304 e. The fourth-order valence-corrected chi connectivity index (χ4v) is 4.54. The van der Waals surface area contributed by atoms with Crippen LogP contribution < -0.4 is 9.62 Å². The molecular formula is C21H25Cl2FN4O4S. The minimum absolute atomic E-state index is 0.0850. The molecule has 0 radical (unpaired) electrons. The van der Waals surface area contributed by atoms with Crippen molar-refractivity contribution in [1.82, 2.24) is 14.5 Å². The molecule has 0 heterocycles. The number of anilines is 1. The molecule has 2 rings (SSSR count). The molecule has 0 aromatic heterocycles. The molecule has 2 amide bonds. The normalized spacial score (nSPS) is 12.4. The molecule has 2 aromatic carbocycles. The molecule has 0 aliphatic carbocycles. The molecule has 1 unspecified atom stereocenters. The van der Waals surface area contributed by atoms with Gasteiger partial charge in [-0.2, -0.15) is 12.7 Å². The summed E-state index contributed by atoms with van der Waals surface area (Å²) in [6.07, 6.45) is 0. The first-order valence-electron chi connectivity index (χ1n) is 9.79. The molecule has 8 nitrogen and oxygen atoms in total. The van der Waals surface area contributed by atoms with Crippen molar-refractivity contribution in [2.45, 2.75) is 19.5 Å². The van der Waals surface area contributed by atoms with Crippen molar-refractivity contribution in [3.05, 3.63) is 63.9 Å². The third-order valence-corrected chi connectivity index (χ3v) is 7.47. The van der Waals surface area contributed by atoms with Crippen LogP contribution in [-0.2, 0) is 26.3 Å². The van der Waals surface area contributed by atoms with Gasteiger partial charge in [0.15, 0.2) is 0 Å². The van der Waals surface area contributed by atoms with Gasteiger partial charge < -0.3 is 10.2 Å². The second-order valence-corrected chi connectivity index (χ2v) is 10.2. The number of carbonyl (C=O) groups is 2. The summed E-state index contributed by atoms with van der Waals surface area (Å²) in [5, 5.41) is 3.06. The summed E-state index contributed by atoms with van der Waals surface area (Å²) in [6, 6.07) is 8.55. The SMILES string of the molecule is CNC(=O)C(C)N(Cc1c(Cl)cccc1Cl)C(=O)CN(c1ccc(F)cc1)S(=O)(=O)N(C)C. The molecule has 0 bridgehead atoms. The van der Waals surface area contributed by atoms with Gasteiger partial charge in [-0.05, 0) is 43.3 Å². The second-order valence-electron chi connectivity index (χ2n) is 7.29. The zero-order valence-electron chi connectivity index (χ0n) is 18.5. The van der Waals surface area contributed by atoms with Gasteiger partial charge in [0, 0.05) is 43.3 Å². The van der Waals surface area contributed by atoms with Gasteiger partial charge in [-0.1, -0.05) is 29.3 Å². The van der Waals surface area contributed by atoms with Gasteiger partial charge in [0.1, 0.15) is 18.4 Å². The Morgan fingerprint density at radius 1 is 1.06 bits per heavy atom. The summed E-state index contributed by atoms with van der Waals surface area (Å²) in [5.41, 5.74) is 0.496. The second kappa shape index (κ2) is 11.1. The van der Waals surface area contributed by atoms with E-state index >= 15 is 0 Å². The van der Waals surface area contributed by atoms with Gasteiger partial charge in [-0.25, -0.2) is 8.70 Å². The Bertz CT molecular complexity index is 1090. The van der Waals surface area contributed by atoms with E-state index < -0.39 is 40.4 Å². The van der Waals surface area contributed by atoms with Gasteiger partial charge in [0.2, 0.25) is 11.8 Å². The Labute approximate surface area is 203 Å². The van der Waals surface area contributed by atoms with E-state index in [1.807, 2.05) is 0 Å². The predicted octanol–water partition coefficient (Wildman–Crippen LogP) is 2.91. The zero-order valence-corrected chi connectivity index (χ0v) is 20.9. The van der Waals surface area contributed by atoms with Crippen LogP contribution in [0.2, 0.25) is 10.0 Å². The Morgan fingerprint density at radius 3 is 2.09 bits per heavy atom. The standard InChI is InChI=1S/C21H25Cl2FN4O4S/c1-14(21(30)25-2)27(12-17-18(22)6-5-7-19(17)23)20(29)13-28(33(31,32)26(3)4)16-10-8-15(24)9-11-16/h5-11,14H,12-13H2,1-4H3,(H,25,30). The maximum atomic E-state index is 13.4. The molecule has 1 atom stereocenters. The fourth-order valence-electron chi connectivity index (χ4n) is 2.97. The summed E-state index contributed by atoms with van der Waals surface area (Å²) in [4.78, 5) is 27.0. The summed E-state index contributed by atoms with van der Waals surface area (Å²) >= 11 is 12.5. The molecule has 1 N–H and O–H groups in total. The van der Waals surface area contributed by atoms with Crippen LogP contribution in [0.5, 0.6) is 0 Å². The van der Waals surface area contributed by atoms with E-state index in [0.717, 1.165) is 20.7 Å². The first-order valence-corrected chi connectivity index (χ1v) is 11.9. The lowest BCUT2D eigenvalue weighted by Crippen LogP contribution is -2.52. The van der Waals surface area contributed by atoms with Crippen LogP contribution in [-0.4, -0.2) is 63.2 Å². The van der Waals surface area contributed by atoms with E-state index in [1.165, 1.54) is 45.1 Å². The number of likely N-dealkylation sites (N-methyl/N-ethyl adjacent to an activating group) is 1. The largest absolute Gasteiger partial charge is 0.357 e. The Hall–Kier alpha value is -2.40. The van der Waals surface area contributed by atoms with Crippen molar-refractivity contribution < 1.29 is 22.4 Å². The minimum atomic E-state index is -4.13. The van der Waals surface area contributed by atoms with Crippen molar-refractivity contribution in [2.24, 2.45) is 0 Å². The van der Waals surface area contributed by atoms with Gasteiger partial charge in [-0.15, -0.1) is 0 Å². The highest BCUT2D eigenvalue weighted by molar-refractivity contribution is 7.90. The van der Waals surface area contributed by atoms with Crippen molar-refractivity contribution >= 4 is 50.9 Å². The third kappa shape index (κ3) is 6.35. The van der Waals surface area contributed by atoms with Crippen LogP contribution in [0.4, 0.5) is 10.1 Å². The van der Waals surface area contributed by atoms with E-state index in [-0.39, 0.29) is 12.2 Å². The number of carbonyl (C=O) groups excluding carboxylic acids is 2. The van der Waals surface area contributed by atoms with Crippen LogP contribution in [0.15, 0.2) is 42.5 Å². The van der Waals surface area contributed by atoms with E-state index in [0.29, 0.717) is 15.6 Å². The average molecular weight is 519 g/mol. The first-order chi connectivity index (χ1) is 15.4. The van der Waals surface area contributed by atoms with E-state index in [9.17, 15) is 22.4 Å². The van der Waals surface area contributed by atoms with E-state index in [2.05, 4.69) is 5.32 Å². The number of benzene rings is 2. The lowest BCUT2D eigenvalue weighted by atomic mass is 10.1. The average Bonchev–Trinajstić information content (AvgIpc) is 2.76. The molecule has 12 heteroatoms. The van der Waals surface area contributed by atoms with Crippen LogP contribution in [0.1, 0.15) is 12.5 Å². The third-order valence-electron chi connectivity index (χ3n) is 4.94. The van der Waals surface area contributed by atoms with Crippen LogP contribution in [0, 0.1) is 5.82 Å². The molecular weight excluding hydrogens is 494 g/mol. The molecule has 0 aliphatic heterocycles. The number of amides is 2. The van der Waals surface area contributed by atoms with E-state index in [4.69, 9.17) is 23.2 Å². The summed E-state index contributed by atoms with van der Waals surface area (Å²) in [7, 11) is -0.0876. The number of nitrogens with one attached hydrogen (secondary N) is 1. The summed E-state index contributed by atoms with van der Waals surface area (Å²) in [5.74, 6) is -1.71. The first kappa shape index (κ1) is 26.8. The lowest BCUT2D eigenvalue weighted by Gasteiger charge is -2.33. The Kier molecular flexibility index (Phi) is 9.07. The van der Waals surface area contributed by atoms with Crippen LogP contribution in [0.3, 0.4) is 0 Å². The monoisotopic (exact) mass is 518 g/mol. The Morgan fingerprint density at radius 2 is 1.61 bits per heavy atom. The van der Waals surface area contributed by atoms with Gasteiger partial charge in [-0.3, -0.25) is 9.59 Å². The highest BCUT2D eigenvalue weighted by atomic mass is 35.5. The molecule has 180 valence electrons. The number of hydrogen-bond donors (Lipinski definition) is 1. The number of hydrogen-bond acceptors (Lipinski definition) is 4. The molecule has 0 saturated carbocycles. The van der Waals surface area contributed by atoms with Crippen molar-refractivity contribution in [1.29, 1.82) is 0 Å². The Balaban J connectivity index is 2.49. The van der Waals surface area contributed by atoms with Gasteiger partial charge in [0.05, 0.1) is 5.69 Å². The minimum Gasteiger partial charge on any atom is -0.357 e. The number of rotatable bonds is 9. The number of halogens is 3. The van der Waals surface area contributed by atoms with Crippen LogP contribution >= 0.6 is 23.2 Å². The van der Waals surface area contributed by atoms with Crippen molar-refractivity contribution in [2.75, 3.05) is 32.0 Å². The quantitative estimate of drug-likeness (QED) is 0.552.